The Morgan fingerprint density at radius 2 is 1.93 bits per heavy atom. The second-order valence-electron chi connectivity index (χ2n) is 3.55. The standard InChI is InChI=1S/C10H9NO4/c12-9(13)7-3-6(5-1-2-5)4-11-8(7)10(14)15/h3-5H,1-2H2,(H,12,13)(H,14,15). The van der Waals surface area contributed by atoms with Gasteiger partial charge in [0.05, 0.1) is 5.56 Å². The molecule has 0 aromatic carbocycles. The second-order valence-corrected chi connectivity index (χ2v) is 3.55. The molecule has 0 bridgehead atoms. The average Bonchev–Trinajstić information content (AvgIpc) is 2.99. The molecule has 0 atom stereocenters. The quantitative estimate of drug-likeness (QED) is 0.781. The van der Waals surface area contributed by atoms with E-state index < -0.39 is 17.6 Å². The lowest BCUT2D eigenvalue weighted by atomic mass is 10.1. The largest absolute Gasteiger partial charge is 0.478 e. The third kappa shape index (κ3) is 1.81. The van der Waals surface area contributed by atoms with Gasteiger partial charge in [0.1, 0.15) is 0 Å². The molecule has 0 spiro atoms. The van der Waals surface area contributed by atoms with Gasteiger partial charge >= 0.3 is 11.9 Å². The molecular weight excluding hydrogens is 198 g/mol. The minimum atomic E-state index is -1.31. The summed E-state index contributed by atoms with van der Waals surface area (Å²) in [5, 5.41) is 17.6. The maximum absolute atomic E-state index is 10.8. The first-order chi connectivity index (χ1) is 7.09. The van der Waals surface area contributed by atoms with Crippen LogP contribution in [0.2, 0.25) is 0 Å². The Labute approximate surface area is 85.4 Å². The number of nitrogens with zero attached hydrogens (tertiary/aromatic N) is 1. The van der Waals surface area contributed by atoms with E-state index in [0.29, 0.717) is 5.92 Å². The van der Waals surface area contributed by atoms with Crippen LogP contribution in [0.4, 0.5) is 0 Å². The third-order valence-electron chi connectivity index (χ3n) is 2.39. The van der Waals surface area contributed by atoms with Crippen LogP contribution in [-0.4, -0.2) is 27.1 Å². The van der Waals surface area contributed by atoms with Crippen LogP contribution in [0.5, 0.6) is 0 Å². The van der Waals surface area contributed by atoms with Crippen molar-refractivity contribution >= 4 is 11.9 Å². The normalized spacial score (nSPS) is 14.9. The van der Waals surface area contributed by atoms with E-state index >= 15 is 0 Å². The Balaban J connectivity index is 2.48. The molecule has 1 aliphatic carbocycles. The molecule has 1 heterocycles. The first-order valence-electron chi connectivity index (χ1n) is 4.56. The molecule has 0 saturated heterocycles. The maximum atomic E-state index is 10.8. The average molecular weight is 207 g/mol. The third-order valence-corrected chi connectivity index (χ3v) is 2.39. The zero-order valence-corrected chi connectivity index (χ0v) is 7.80. The number of pyridine rings is 1. The molecule has 0 unspecified atom stereocenters. The molecule has 0 radical (unpaired) electrons. The molecule has 2 N–H and O–H groups in total. The van der Waals surface area contributed by atoms with Crippen LogP contribution in [0.1, 0.15) is 45.2 Å². The number of aromatic carboxylic acids is 2. The van der Waals surface area contributed by atoms with Crippen molar-refractivity contribution in [3.8, 4) is 0 Å². The van der Waals surface area contributed by atoms with Crippen LogP contribution in [0.25, 0.3) is 0 Å². The second kappa shape index (κ2) is 3.34. The van der Waals surface area contributed by atoms with Gasteiger partial charge in [-0.15, -0.1) is 0 Å². The molecule has 5 heteroatoms. The van der Waals surface area contributed by atoms with Gasteiger partial charge in [-0.05, 0) is 30.4 Å². The van der Waals surface area contributed by atoms with E-state index in [1.165, 1.54) is 12.3 Å². The van der Waals surface area contributed by atoms with Crippen molar-refractivity contribution in [2.75, 3.05) is 0 Å². The molecule has 1 aromatic heterocycles. The minimum absolute atomic E-state index is 0.230. The van der Waals surface area contributed by atoms with E-state index in [1.54, 1.807) is 0 Å². The number of carboxylic acids is 2. The summed E-state index contributed by atoms with van der Waals surface area (Å²) in [4.78, 5) is 25.2. The van der Waals surface area contributed by atoms with Gasteiger partial charge in [-0.25, -0.2) is 14.6 Å². The fourth-order valence-electron chi connectivity index (χ4n) is 1.45. The Morgan fingerprint density at radius 3 is 2.40 bits per heavy atom. The van der Waals surface area contributed by atoms with E-state index in [2.05, 4.69) is 4.98 Å². The summed E-state index contributed by atoms with van der Waals surface area (Å²) in [7, 11) is 0. The molecule has 1 saturated carbocycles. The van der Waals surface area contributed by atoms with Crippen molar-refractivity contribution in [2.45, 2.75) is 18.8 Å². The van der Waals surface area contributed by atoms with Crippen molar-refractivity contribution < 1.29 is 19.8 Å². The molecule has 1 aromatic rings. The monoisotopic (exact) mass is 207 g/mol. The van der Waals surface area contributed by atoms with E-state index in [-0.39, 0.29) is 5.56 Å². The molecule has 0 aliphatic heterocycles. The van der Waals surface area contributed by atoms with Gasteiger partial charge in [0.15, 0.2) is 5.69 Å². The zero-order valence-electron chi connectivity index (χ0n) is 7.80. The topological polar surface area (TPSA) is 87.5 Å². The number of hydrogen-bond acceptors (Lipinski definition) is 3. The van der Waals surface area contributed by atoms with Crippen LogP contribution in [0.3, 0.4) is 0 Å². The van der Waals surface area contributed by atoms with Crippen molar-refractivity contribution in [1.82, 2.24) is 4.98 Å². The van der Waals surface area contributed by atoms with E-state index in [1.807, 2.05) is 0 Å². The first kappa shape index (κ1) is 9.64. The number of rotatable bonds is 3. The van der Waals surface area contributed by atoms with E-state index in [0.717, 1.165) is 18.4 Å². The van der Waals surface area contributed by atoms with Gasteiger partial charge in [-0.1, -0.05) is 0 Å². The van der Waals surface area contributed by atoms with E-state index in [9.17, 15) is 9.59 Å². The van der Waals surface area contributed by atoms with Gasteiger partial charge < -0.3 is 10.2 Å². The van der Waals surface area contributed by atoms with Crippen molar-refractivity contribution in [3.05, 3.63) is 29.1 Å². The first-order valence-corrected chi connectivity index (χ1v) is 4.56. The lowest BCUT2D eigenvalue weighted by Crippen LogP contribution is -2.11. The Kier molecular flexibility index (Phi) is 2.15. The van der Waals surface area contributed by atoms with Crippen LogP contribution in [0.15, 0.2) is 12.3 Å². The summed E-state index contributed by atoms with van der Waals surface area (Å²) in [6.07, 6.45) is 3.49. The summed E-state index contributed by atoms with van der Waals surface area (Å²) >= 11 is 0. The Hall–Kier alpha value is -1.91. The van der Waals surface area contributed by atoms with Crippen LogP contribution in [-0.2, 0) is 0 Å². The molecule has 78 valence electrons. The predicted octanol–water partition coefficient (Wildman–Crippen LogP) is 1.36. The molecule has 1 fully saturated rings. The highest BCUT2D eigenvalue weighted by molar-refractivity contribution is 6.00. The molecular formula is C10H9NO4. The lowest BCUT2D eigenvalue weighted by Gasteiger charge is -2.03. The number of aromatic nitrogens is 1. The summed E-state index contributed by atoms with van der Waals surface area (Å²) in [6.45, 7) is 0. The van der Waals surface area contributed by atoms with Gasteiger partial charge in [0.25, 0.3) is 0 Å². The molecule has 0 amide bonds. The van der Waals surface area contributed by atoms with Gasteiger partial charge in [-0.3, -0.25) is 0 Å². The Morgan fingerprint density at radius 1 is 1.27 bits per heavy atom. The fourth-order valence-corrected chi connectivity index (χ4v) is 1.45. The molecule has 15 heavy (non-hydrogen) atoms. The molecule has 5 nitrogen and oxygen atoms in total. The lowest BCUT2D eigenvalue weighted by molar-refractivity contribution is 0.0646. The fraction of sp³-hybridized carbons (Fsp3) is 0.300. The summed E-state index contributed by atoms with van der Waals surface area (Å²) in [5.41, 5.74) is 0.191. The summed E-state index contributed by atoms with van der Waals surface area (Å²) in [5.74, 6) is -2.20. The van der Waals surface area contributed by atoms with Crippen molar-refractivity contribution in [1.29, 1.82) is 0 Å². The summed E-state index contributed by atoms with van der Waals surface area (Å²) < 4.78 is 0. The predicted molar refractivity (Wildman–Crippen MR) is 50.1 cm³/mol. The van der Waals surface area contributed by atoms with Crippen LogP contribution >= 0.6 is 0 Å². The smallest absolute Gasteiger partial charge is 0.355 e. The highest BCUT2D eigenvalue weighted by Gasteiger charge is 2.27. The molecule has 2 rings (SSSR count). The molecule has 1 aliphatic rings. The van der Waals surface area contributed by atoms with Crippen LogP contribution < -0.4 is 0 Å². The number of hydrogen-bond donors (Lipinski definition) is 2. The SMILES string of the molecule is O=C(O)c1cc(C2CC2)cnc1C(=O)O. The Bertz CT molecular complexity index is 437. The van der Waals surface area contributed by atoms with Crippen molar-refractivity contribution in [2.24, 2.45) is 0 Å². The number of carboxylic acid groups (broad SMARTS) is 2. The minimum Gasteiger partial charge on any atom is -0.478 e. The maximum Gasteiger partial charge on any atom is 0.355 e. The van der Waals surface area contributed by atoms with Gasteiger partial charge in [-0.2, -0.15) is 0 Å². The zero-order chi connectivity index (χ0) is 11.0. The van der Waals surface area contributed by atoms with E-state index in [4.69, 9.17) is 10.2 Å². The van der Waals surface area contributed by atoms with Gasteiger partial charge in [0, 0.05) is 6.20 Å². The van der Waals surface area contributed by atoms with Crippen molar-refractivity contribution in [3.63, 3.8) is 0 Å². The van der Waals surface area contributed by atoms with Gasteiger partial charge in [0.2, 0.25) is 0 Å². The highest BCUT2D eigenvalue weighted by atomic mass is 16.4. The van der Waals surface area contributed by atoms with Crippen LogP contribution in [0, 0.1) is 0 Å². The highest BCUT2D eigenvalue weighted by Crippen LogP contribution is 2.40. The number of carbonyl (C=O) groups is 2. The summed E-state index contributed by atoms with van der Waals surface area (Å²) in [6, 6.07) is 1.41.